The largest absolute Gasteiger partial charge is 0.349 e. The molecule has 4 heteroatoms. The number of aryl methyl sites for hydroxylation is 3. The van der Waals surface area contributed by atoms with E-state index in [9.17, 15) is 4.79 Å². The van der Waals surface area contributed by atoms with Gasteiger partial charge in [0.1, 0.15) is 0 Å². The minimum Gasteiger partial charge on any atom is -0.349 e. The average Bonchev–Trinajstić information content (AvgIpc) is 2.79. The van der Waals surface area contributed by atoms with Crippen LogP contribution in [0, 0.1) is 13.8 Å². The summed E-state index contributed by atoms with van der Waals surface area (Å²) in [5, 5.41) is 7.53. The van der Waals surface area contributed by atoms with Crippen molar-refractivity contribution in [3.63, 3.8) is 0 Å². The highest BCUT2D eigenvalue weighted by Gasteiger charge is 2.23. The smallest absolute Gasteiger partial charge is 0.227 e. The Bertz CT molecular complexity index is 685. The molecule has 1 amide bonds. The number of aromatic nitrogens is 2. The van der Waals surface area contributed by atoms with Crippen LogP contribution < -0.4 is 5.32 Å². The minimum absolute atomic E-state index is 0.00635. The molecule has 4 nitrogen and oxygen atoms in total. The van der Waals surface area contributed by atoms with E-state index >= 15 is 0 Å². The van der Waals surface area contributed by atoms with Gasteiger partial charge in [0.2, 0.25) is 5.91 Å². The van der Waals surface area contributed by atoms with Gasteiger partial charge in [0.15, 0.2) is 0 Å². The summed E-state index contributed by atoms with van der Waals surface area (Å²) in [7, 11) is 1.91. The van der Waals surface area contributed by atoms with Crippen LogP contribution in [0.25, 0.3) is 0 Å². The predicted octanol–water partition coefficient (Wildman–Crippen LogP) is 3.58. The topological polar surface area (TPSA) is 46.9 Å². The first-order valence-corrected chi connectivity index (χ1v) is 8.24. The summed E-state index contributed by atoms with van der Waals surface area (Å²) in [5.41, 5.74) is 5.43. The highest BCUT2D eigenvalue weighted by Crippen LogP contribution is 2.24. The van der Waals surface area contributed by atoms with E-state index in [0.29, 0.717) is 0 Å². The van der Waals surface area contributed by atoms with E-state index < -0.39 is 0 Å². The SMILES string of the molecule is CCc1ccc(C(C)NC(=O)C(C)c2c(C)nn(C)c2C)cc1. The minimum atomic E-state index is -0.207. The number of carbonyl (C=O) groups is 1. The molecular weight excluding hydrogens is 286 g/mol. The molecule has 124 valence electrons. The molecule has 2 aromatic rings. The third kappa shape index (κ3) is 3.63. The van der Waals surface area contributed by atoms with Gasteiger partial charge in [0.05, 0.1) is 17.7 Å². The molecule has 0 radical (unpaired) electrons. The number of carbonyl (C=O) groups excluding carboxylic acids is 1. The number of hydrogen-bond acceptors (Lipinski definition) is 2. The lowest BCUT2D eigenvalue weighted by molar-refractivity contribution is -0.122. The summed E-state index contributed by atoms with van der Waals surface area (Å²) in [6.07, 6.45) is 1.03. The van der Waals surface area contributed by atoms with E-state index in [2.05, 4.69) is 41.6 Å². The molecule has 0 aliphatic heterocycles. The Kier molecular flexibility index (Phi) is 5.24. The van der Waals surface area contributed by atoms with E-state index in [1.165, 1.54) is 5.56 Å². The summed E-state index contributed by atoms with van der Waals surface area (Å²) < 4.78 is 1.83. The molecule has 1 aromatic carbocycles. The van der Waals surface area contributed by atoms with E-state index in [1.54, 1.807) is 0 Å². The fourth-order valence-electron chi connectivity index (χ4n) is 3.01. The molecule has 2 atom stereocenters. The van der Waals surface area contributed by atoms with Gasteiger partial charge < -0.3 is 5.32 Å². The van der Waals surface area contributed by atoms with Crippen molar-refractivity contribution in [3.05, 3.63) is 52.3 Å². The predicted molar refractivity (Wildman–Crippen MR) is 93.5 cm³/mol. The van der Waals surface area contributed by atoms with Crippen LogP contribution in [0.5, 0.6) is 0 Å². The Hall–Kier alpha value is -2.10. The Balaban J connectivity index is 2.10. The van der Waals surface area contributed by atoms with Crippen molar-refractivity contribution in [2.75, 3.05) is 0 Å². The lowest BCUT2D eigenvalue weighted by Crippen LogP contribution is -2.31. The van der Waals surface area contributed by atoms with Crippen molar-refractivity contribution in [1.82, 2.24) is 15.1 Å². The van der Waals surface area contributed by atoms with Gasteiger partial charge in [-0.3, -0.25) is 9.48 Å². The molecule has 1 aromatic heterocycles. The number of nitrogens with zero attached hydrogens (tertiary/aromatic N) is 2. The van der Waals surface area contributed by atoms with Crippen molar-refractivity contribution in [3.8, 4) is 0 Å². The maximum absolute atomic E-state index is 12.6. The van der Waals surface area contributed by atoms with Crippen LogP contribution in [0.4, 0.5) is 0 Å². The zero-order valence-corrected chi connectivity index (χ0v) is 15.0. The quantitative estimate of drug-likeness (QED) is 0.917. The van der Waals surface area contributed by atoms with E-state index in [0.717, 1.165) is 28.9 Å². The van der Waals surface area contributed by atoms with Crippen LogP contribution in [0.15, 0.2) is 24.3 Å². The first-order chi connectivity index (χ1) is 10.8. The van der Waals surface area contributed by atoms with E-state index in [-0.39, 0.29) is 17.9 Å². The molecule has 0 bridgehead atoms. The molecular formula is C19H27N3O. The molecule has 0 fully saturated rings. The lowest BCUT2D eigenvalue weighted by atomic mass is 9.97. The van der Waals surface area contributed by atoms with Crippen LogP contribution in [0.3, 0.4) is 0 Å². The maximum Gasteiger partial charge on any atom is 0.227 e. The van der Waals surface area contributed by atoms with Gasteiger partial charge in [-0.05, 0) is 45.2 Å². The van der Waals surface area contributed by atoms with Crippen LogP contribution in [0.2, 0.25) is 0 Å². The Morgan fingerprint density at radius 3 is 2.30 bits per heavy atom. The molecule has 0 spiro atoms. The van der Waals surface area contributed by atoms with Gasteiger partial charge in [-0.1, -0.05) is 31.2 Å². The molecule has 0 saturated carbocycles. The third-order valence-electron chi connectivity index (χ3n) is 4.64. The van der Waals surface area contributed by atoms with Gasteiger partial charge in [-0.15, -0.1) is 0 Å². The van der Waals surface area contributed by atoms with E-state index in [1.807, 2.05) is 39.4 Å². The maximum atomic E-state index is 12.6. The summed E-state index contributed by atoms with van der Waals surface area (Å²) in [4.78, 5) is 12.6. The van der Waals surface area contributed by atoms with Gasteiger partial charge in [-0.2, -0.15) is 5.10 Å². The van der Waals surface area contributed by atoms with Gasteiger partial charge >= 0.3 is 0 Å². The number of amides is 1. The van der Waals surface area contributed by atoms with Gasteiger partial charge in [0, 0.05) is 18.3 Å². The summed E-state index contributed by atoms with van der Waals surface area (Å²) in [5.74, 6) is -0.169. The molecule has 2 unspecified atom stereocenters. The fourth-order valence-corrected chi connectivity index (χ4v) is 3.01. The monoisotopic (exact) mass is 313 g/mol. The fraction of sp³-hybridized carbons (Fsp3) is 0.474. The second kappa shape index (κ2) is 6.99. The highest BCUT2D eigenvalue weighted by atomic mass is 16.1. The summed E-state index contributed by atoms with van der Waals surface area (Å²) in [6, 6.07) is 8.42. The van der Waals surface area contributed by atoms with Crippen molar-refractivity contribution in [2.24, 2.45) is 7.05 Å². The molecule has 0 saturated heterocycles. The van der Waals surface area contributed by atoms with Crippen molar-refractivity contribution in [1.29, 1.82) is 0 Å². The second-order valence-electron chi connectivity index (χ2n) is 6.26. The molecule has 0 aliphatic carbocycles. The first-order valence-electron chi connectivity index (χ1n) is 8.24. The van der Waals surface area contributed by atoms with Crippen LogP contribution in [-0.2, 0) is 18.3 Å². The Morgan fingerprint density at radius 1 is 1.22 bits per heavy atom. The summed E-state index contributed by atoms with van der Waals surface area (Å²) >= 11 is 0. The Morgan fingerprint density at radius 2 is 1.83 bits per heavy atom. The van der Waals surface area contributed by atoms with Gasteiger partial charge in [0.25, 0.3) is 0 Å². The van der Waals surface area contributed by atoms with Crippen molar-refractivity contribution in [2.45, 2.75) is 53.0 Å². The standard InChI is InChI=1S/C19H27N3O/c1-7-16-8-10-17(11-9-16)13(3)20-19(23)12(2)18-14(4)21-22(6)15(18)5/h8-13H,7H2,1-6H3,(H,20,23). The highest BCUT2D eigenvalue weighted by molar-refractivity contribution is 5.84. The van der Waals surface area contributed by atoms with Gasteiger partial charge in [-0.25, -0.2) is 0 Å². The molecule has 1 N–H and O–H groups in total. The molecule has 0 aliphatic rings. The van der Waals surface area contributed by atoms with Crippen LogP contribution >= 0.6 is 0 Å². The number of hydrogen-bond donors (Lipinski definition) is 1. The first kappa shape index (κ1) is 17.3. The van der Waals surface area contributed by atoms with Crippen molar-refractivity contribution >= 4 is 5.91 Å². The second-order valence-corrected chi connectivity index (χ2v) is 6.26. The van der Waals surface area contributed by atoms with E-state index in [4.69, 9.17) is 0 Å². The molecule has 1 heterocycles. The summed E-state index contributed by atoms with van der Waals surface area (Å²) in [6.45, 7) is 10.1. The van der Waals surface area contributed by atoms with Crippen molar-refractivity contribution < 1.29 is 4.79 Å². The zero-order valence-electron chi connectivity index (χ0n) is 15.0. The van der Waals surface area contributed by atoms with Crippen LogP contribution in [0.1, 0.15) is 60.8 Å². The number of nitrogens with one attached hydrogen (secondary N) is 1. The molecule has 2 rings (SSSR count). The Labute approximate surface area is 138 Å². The normalized spacial score (nSPS) is 13.7. The number of benzene rings is 1. The van der Waals surface area contributed by atoms with Crippen LogP contribution in [-0.4, -0.2) is 15.7 Å². The third-order valence-corrected chi connectivity index (χ3v) is 4.64. The number of rotatable bonds is 5. The lowest BCUT2D eigenvalue weighted by Gasteiger charge is -2.19. The molecule has 23 heavy (non-hydrogen) atoms. The zero-order chi connectivity index (χ0) is 17.1. The average molecular weight is 313 g/mol.